The molecule has 0 aliphatic rings. The second-order valence-electron chi connectivity index (χ2n) is 3.62. The van der Waals surface area contributed by atoms with Crippen LogP contribution in [0.1, 0.15) is 35.0 Å². The van der Waals surface area contributed by atoms with Crippen LogP contribution in [0, 0.1) is 6.92 Å². The van der Waals surface area contributed by atoms with Crippen LogP contribution >= 0.6 is 11.3 Å². The highest BCUT2D eigenvalue weighted by Gasteiger charge is 2.10. The lowest BCUT2D eigenvalue weighted by Gasteiger charge is -2.08. The van der Waals surface area contributed by atoms with Gasteiger partial charge >= 0.3 is 6.03 Å². The maximum Gasteiger partial charge on any atom is 0.333 e. The highest BCUT2D eigenvalue weighted by Crippen LogP contribution is 2.14. The van der Waals surface area contributed by atoms with Crippen LogP contribution in [0.2, 0.25) is 0 Å². The summed E-state index contributed by atoms with van der Waals surface area (Å²) in [7, 11) is 0. The Morgan fingerprint density at radius 1 is 1.35 bits per heavy atom. The fraction of sp³-hybridized carbons (Fsp3) is 0.455. The summed E-state index contributed by atoms with van der Waals surface area (Å²) in [5.41, 5.74) is 5.58. The van der Waals surface area contributed by atoms with Crippen molar-refractivity contribution in [2.24, 2.45) is 0 Å². The first-order valence-corrected chi connectivity index (χ1v) is 6.41. The van der Waals surface area contributed by atoms with Crippen molar-refractivity contribution in [3.05, 3.63) is 21.9 Å². The number of hydrazine groups is 1. The van der Waals surface area contributed by atoms with Gasteiger partial charge in [-0.1, -0.05) is 13.3 Å². The summed E-state index contributed by atoms with van der Waals surface area (Å²) >= 11 is 1.35. The Bertz CT molecular complexity index is 390. The molecule has 3 N–H and O–H groups in total. The summed E-state index contributed by atoms with van der Waals surface area (Å²) in [5.74, 6) is -0.289. The minimum atomic E-state index is -0.388. The van der Waals surface area contributed by atoms with E-state index in [1.54, 1.807) is 0 Å². The fourth-order valence-corrected chi connectivity index (χ4v) is 2.02. The number of nitrogens with one attached hydrogen (secondary N) is 3. The van der Waals surface area contributed by atoms with E-state index in [2.05, 4.69) is 16.2 Å². The Hall–Kier alpha value is -1.56. The van der Waals surface area contributed by atoms with E-state index < -0.39 is 0 Å². The maximum absolute atomic E-state index is 11.6. The van der Waals surface area contributed by atoms with Crippen molar-refractivity contribution in [3.63, 3.8) is 0 Å². The molecule has 1 aromatic heterocycles. The number of aryl methyl sites for hydroxylation is 1. The van der Waals surface area contributed by atoms with Crippen molar-refractivity contribution in [1.82, 2.24) is 16.2 Å². The van der Waals surface area contributed by atoms with Crippen molar-refractivity contribution in [2.75, 3.05) is 6.54 Å². The summed E-state index contributed by atoms with van der Waals surface area (Å²) in [6.07, 6.45) is 1.94. The number of unbranched alkanes of at least 4 members (excludes halogenated alkanes) is 1. The molecule has 1 heterocycles. The van der Waals surface area contributed by atoms with Crippen LogP contribution in [0.4, 0.5) is 4.79 Å². The molecule has 0 saturated carbocycles. The van der Waals surface area contributed by atoms with Crippen molar-refractivity contribution >= 4 is 23.3 Å². The van der Waals surface area contributed by atoms with E-state index in [0.717, 1.165) is 18.4 Å². The average molecular weight is 255 g/mol. The van der Waals surface area contributed by atoms with Crippen LogP contribution in [0.3, 0.4) is 0 Å². The topological polar surface area (TPSA) is 70.2 Å². The first kappa shape index (κ1) is 13.5. The highest BCUT2D eigenvalue weighted by molar-refractivity contribution is 7.12. The van der Waals surface area contributed by atoms with E-state index in [4.69, 9.17) is 0 Å². The van der Waals surface area contributed by atoms with E-state index in [1.807, 2.05) is 25.3 Å². The van der Waals surface area contributed by atoms with Crippen LogP contribution in [-0.4, -0.2) is 18.5 Å². The molecule has 0 atom stereocenters. The molecule has 5 nitrogen and oxygen atoms in total. The van der Waals surface area contributed by atoms with Gasteiger partial charge in [0, 0.05) is 6.54 Å². The van der Waals surface area contributed by atoms with Gasteiger partial charge in [-0.3, -0.25) is 10.2 Å². The molecule has 0 fully saturated rings. The van der Waals surface area contributed by atoms with Crippen molar-refractivity contribution in [3.8, 4) is 0 Å². The van der Waals surface area contributed by atoms with Gasteiger partial charge in [-0.25, -0.2) is 10.2 Å². The number of amides is 3. The Kier molecular flexibility index (Phi) is 5.48. The molecule has 0 aromatic carbocycles. The Labute approximate surface area is 105 Å². The Morgan fingerprint density at radius 2 is 2.12 bits per heavy atom. The molecular weight excluding hydrogens is 238 g/mol. The quantitative estimate of drug-likeness (QED) is 0.567. The molecule has 0 aliphatic carbocycles. The first-order chi connectivity index (χ1) is 8.15. The van der Waals surface area contributed by atoms with Crippen molar-refractivity contribution in [1.29, 1.82) is 0 Å². The zero-order valence-electron chi connectivity index (χ0n) is 10.0. The summed E-state index contributed by atoms with van der Waals surface area (Å²) in [4.78, 5) is 23.5. The second kappa shape index (κ2) is 6.90. The molecule has 0 aliphatic heterocycles. The molecule has 17 heavy (non-hydrogen) atoms. The second-order valence-corrected chi connectivity index (χ2v) is 4.54. The van der Waals surface area contributed by atoms with Gasteiger partial charge in [-0.15, -0.1) is 11.3 Å². The fourth-order valence-electron chi connectivity index (χ4n) is 1.20. The summed E-state index contributed by atoms with van der Waals surface area (Å²) < 4.78 is 0. The predicted octanol–water partition coefficient (Wildman–Crippen LogP) is 1.80. The number of thiophene rings is 1. The van der Waals surface area contributed by atoms with Gasteiger partial charge in [0.25, 0.3) is 5.91 Å². The van der Waals surface area contributed by atoms with Crippen LogP contribution in [0.5, 0.6) is 0 Å². The lowest BCUT2D eigenvalue weighted by molar-refractivity contribution is 0.0940. The highest BCUT2D eigenvalue weighted by atomic mass is 32.1. The molecule has 94 valence electrons. The molecule has 0 radical (unpaired) electrons. The van der Waals surface area contributed by atoms with Crippen LogP contribution in [-0.2, 0) is 0 Å². The van der Waals surface area contributed by atoms with Gasteiger partial charge in [-0.05, 0) is 30.4 Å². The number of carbonyl (C=O) groups is 2. The van der Waals surface area contributed by atoms with E-state index in [0.29, 0.717) is 11.4 Å². The van der Waals surface area contributed by atoms with Gasteiger partial charge in [0.15, 0.2) is 0 Å². The molecule has 1 rings (SSSR count). The lowest BCUT2D eigenvalue weighted by atomic mass is 10.3. The number of urea groups is 1. The number of hydrogen-bond donors (Lipinski definition) is 3. The molecule has 0 bridgehead atoms. The average Bonchev–Trinajstić information content (AvgIpc) is 2.73. The third-order valence-electron chi connectivity index (χ3n) is 2.17. The number of carbonyl (C=O) groups excluding carboxylic acids is 2. The molecule has 0 unspecified atom stereocenters. The Balaban J connectivity index is 2.29. The summed E-state index contributed by atoms with van der Waals surface area (Å²) in [6, 6.07) is 1.47. The maximum atomic E-state index is 11.6. The van der Waals surface area contributed by atoms with Gasteiger partial charge in [-0.2, -0.15) is 0 Å². The zero-order chi connectivity index (χ0) is 12.7. The molecular formula is C11H17N3O2S. The molecule has 6 heteroatoms. The largest absolute Gasteiger partial charge is 0.337 e. The van der Waals surface area contributed by atoms with Crippen LogP contribution < -0.4 is 16.2 Å². The van der Waals surface area contributed by atoms with E-state index >= 15 is 0 Å². The summed E-state index contributed by atoms with van der Waals surface area (Å²) in [6.45, 7) is 4.50. The van der Waals surface area contributed by atoms with E-state index in [9.17, 15) is 9.59 Å². The van der Waals surface area contributed by atoms with Gasteiger partial charge in [0.05, 0.1) is 4.88 Å². The zero-order valence-corrected chi connectivity index (χ0v) is 10.8. The predicted molar refractivity (Wildman–Crippen MR) is 68.0 cm³/mol. The minimum absolute atomic E-state index is 0.289. The molecule has 1 aromatic rings. The first-order valence-electron chi connectivity index (χ1n) is 5.53. The van der Waals surface area contributed by atoms with Crippen molar-refractivity contribution < 1.29 is 9.59 Å². The number of rotatable bonds is 4. The monoisotopic (exact) mass is 255 g/mol. The molecule has 0 spiro atoms. The normalized spacial score (nSPS) is 9.76. The van der Waals surface area contributed by atoms with Crippen molar-refractivity contribution in [2.45, 2.75) is 26.7 Å². The Morgan fingerprint density at radius 3 is 2.71 bits per heavy atom. The van der Waals surface area contributed by atoms with Crippen LogP contribution in [0.25, 0.3) is 0 Å². The smallest absolute Gasteiger partial charge is 0.333 e. The minimum Gasteiger partial charge on any atom is -0.337 e. The standard InChI is InChI=1S/C11H17N3O2S/c1-3-4-6-12-11(16)14-13-10(15)9-8(2)5-7-17-9/h5,7H,3-4,6H2,1-2H3,(H,13,15)(H2,12,14,16). The number of hydrogen-bond acceptors (Lipinski definition) is 3. The SMILES string of the molecule is CCCCNC(=O)NNC(=O)c1sccc1C. The van der Waals surface area contributed by atoms with Gasteiger partial charge in [0.2, 0.25) is 0 Å². The van der Waals surface area contributed by atoms with E-state index in [1.165, 1.54) is 11.3 Å². The third kappa shape index (κ3) is 4.44. The van der Waals surface area contributed by atoms with Gasteiger partial charge < -0.3 is 5.32 Å². The van der Waals surface area contributed by atoms with Crippen LogP contribution in [0.15, 0.2) is 11.4 Å². The lowest BCUT2D eigenvalue weighted by Crippen LogP contribution is -2.47. The third-order valence-corrected chi connectivity index (χ3v) is 3.19. The summed E-state index contributed by atoms with van der Waals surface area (Å²) in [5, 5.41) is 4.48. The van der Waals surface area contributed by atoms with Gasteiger partial charge in [0.1, 0.15) is 0 Å². The molecule has 3 amide bonds. The molecule has 0 saturated heterocycles. The van der Waals surface area contributed by atoms with E-state index in [-0.39, 0.29) is 11.9 Å².